The van der Waals surface area contributed by atoms with Crippen molar-refractivity contribution >= 4 is 0 Å². The Kier molecular flexibility index (Phi) is 3.28. The molecule has 15 heavy (non-hydrogen) atoms. The molecular formula is C9H8F5N. The maximum absolute atomic E-state index is 12.4. The molecule has 0 spiro atoms. The largest absolute Gasteiger partial charge is 0.407 e. The minimum absolute atomic E-state index is 0.583. The lowest BCUT2D eigenvalue weighted by molar-refractivity contribution is -0.149. The molecule has 0 unspecified atom stereocenters. The Morgan fingerprint density at radius 1 is 1.00 bits per heavy atom. The van der Waals surface area contributed by atoms with Crippen LogP contribution < -0.4 is 5.73 Å². The van der Waals surface area contributed by atoms with Crippen molar-refractivity contribution in [3.05, 3.63) is 35.4 Å². The van der Waals surface area contributed by atoms with Crippen molar-refractivity contribution in [2.45, 2.75) is 18.6 Å². The average Bonchev–Trinajstić information content (AvgIpc) is 2.15. The summed E-state index contributed by atoms with van der Waals surface area (Å²) in [5, 5.41) is 0. The van der Waals surface area contributed by atoms with Crippen molar-refractivity contribution in [3.63, 3.8) is 0 Å². The summed E-state index contributed by atoms with van der Waals surface area (Å²) in [7, 11) is 0. The lowest BCUT2D eigenvalue weighted by Gasteiger charge is -2.18. The second-order valence-corrected chi connectivity index (χ2v) is 2.95. The molecule has 0 aromatic heterocycles. The lowest BCUT2D eigenvalue weighted by Crippen LogP contribution is -2.29. The first-order chi connectivity index (χ1) is 6.84. The Bertz CT molecular complexity index is 334. The molecule has 0 bridgehead atoms. The zero-order valence-corrected chi connectivity index (χ0v) is 7.43. The third-order valence-electron chi connectivity index (χ3n) is 1.92. The van der Waals surface area contributed by atoms with E-state index in [1.165, 1.54) is 12.1 Å². The molecule has 6 heteroatoms. The Morgan fingerprint density at radius 3 is 1.87 bits per heavy atom. The quantitative estimate of drug-likeness (QED) is 0.768. The Morgan fingerprint density at radius 2 is 1.47 bits per heavy atom. The third-order valence-corrected chi connectivity index (χ3v) is 1.92. The summed E-state index contributed by atoms with van der Waals surface area (Å²) in [6, 6.07) is 2.01. The van der Waals surface area contributed by atoms with E-state index in [9.17, 15) is 22.0 Å². The number of hydrogen-bond donors (Lipinski definition) is 1. The highest BCUT2D eigenvalue weighted by Gasteiger charge is 2.39. The Balaban J connectivity index is 3.14. The fourth-order valence-corrected chi connectivity index (χ4v) is 1.17. The van der Waals surface area contributed by atoms with Gasteiger partial charge in [0.1, 0.15) is 6.04 Å². The van der Waals surface area contributed by atoms with Gasteiger partial charge in [-0.05, 0) is 5.56 Å². The topological polar surface area (TPSA) is 26.0 Å². The molecule has 0 aliphatic carbocycles. The van der Waals surface area contributed by atoms with Gasteiger partial charge in [-0.3, -0.25) is 0 Å². The van der Waals surface area contributed by atoms with Crippen molar-refractivity contribution in [3.8, 4) is 0 Å². The molecule has 1 rings (SSSR count). The van der Waals surface area contributed by atoms with Crippen LogP contribution in [0.5, 0.6) is 0 Å². The molecule has 2 N–H and O–H groups in total. The monoisotopic (exact) mass is 225 g/mol. The van der Waals surface area contributed by atoms with Gasteiger partial charge >= 0.3 is 6.18 Å². The molecule has 0 fully saturated rings. The van der Waals surface area contributed by atoms with Crippen LogP contribution in [0.4, 0.5) is 22.0 Å². The number of halogens is 5. The standard InChI is InChI=1S/C9H8F5N/c10-8(11)6-4-2-1-3-5(6)7(15)9(12,13)14/h1-4,7-8H,15H2/t7-/m1/s1. The molecule has 0 heterocycles. The Hall–Kier alpha value is -1.17. The van der Waals surface area contributed by atoms with Gasteiger partial charge in [0, 0.05) is 5.56 Å². The SMILES string of the molecule is N[C@H](c1ccccc1C(F)F)C(F)(F)F. The predicted molar refractivity (Wildman–Crippen MR) is 44.4 cm³/mol. The Labute approximate surface area is 82.7 Å². The summed E-state index contributed by atoms with van der Waals surface area (Å²) in [4.78, 5) is 0. The highest BCUT2D eigenvalue weighted by Crippen LogP contribution is 2.35. The van der Waals surface area contributed by atoms with Gasteiger partial charge in [0.25, 0.3) is 6.43 Å². The highest BCUT2D eigenvalue weighted by molar-refractivity contribution is 5.31. The number of nitrogens with two attached hydrogens (primary N) is 1. The first kappa shape index (κ1) is 11.9. The number of alkyl halides is 5. The van der Waals surface area contributed by atoms with Gasteiger partial charge in [0.15, 0.2) is 0 Å². The van der Waals surface area contributed by atoms with Crippen LogP contribution in [0.2, 0.25) is 0 Å². The molecule has 0 saturated heterocycles. The van der Waals surface area contributed by atoms with E-state index >= 15 is 0 Å². The number of hydrogen-bond acceptors (Lipinski definition) is 1. The second-order valence-electron chi connectivity index (χ2n) is 2.95. The minimum Gasteiger partial charge on any atom is -0.316 e. The molecular weight excluding hydrogens is 217 g/mol. The summed E-state index contributed by atoms with van der Waals surface area (Å²) in [6.07, 6.45) is -7.68. The summed E-state index contributed by atoms with van der Waals surface area (Å²) >= 11 is 0. The second kappa shape index (κ2) is 4.14. The fraction of sp³-hybridized carbons (Fsp3) is 0.333. The molecule has 84 valence electrons. The van der Waals surface area contributed by atoms with Gasteiger partial charge in [0.2, 0.25) is 0 Å². The first-order valence-electron chi connectivity index (χ1n) is 4.03. The van der Waals surface area contributed by atoms with Crippen LogP contribution >= 0.6 is 0 Å². The van der Waals surface area contributed by atoms with Crippen molar-refractivity contribution < 1.29 is 22.0 Å². The van der Waals surface area contributed by atoms with E-state index in [0.29, 0.717) is 0 Å². The minimum atomic E-state index is -4.72. The number of benzene rings is 1. The molecule has 1 atom stereocenters. The van der Waals surface area contributed by atoms with Crippen LogP contribution in [0.1, 0.15) is 23.6 Å². The van der Waals surface area contributed by atoms with Crippen LogP contribution in [0, 0.1) is 0 Å². The van der Waals surface area contributed by atoms with Crippen LogP contribution in [-0.4, -0.2) is 6.18 Å². The predicted octanol–water partition coefficient (Wildman–Crippen LogP) is 3.19. The molecule has 0 amide bonds. The molecule has 0 saturated carbocycles. The van der Waals surface area contributed by atoms with Gasteiger partial charge < -0.3 is 5.73 Å². The summed E-state index contributed by atoms with van der Waals surface area (Å²) in [5.74, 6) is 0. The smallest absolute Gasteiger partial charge is 0.316 e. The van der Waals surface area contributed by atoms with Crippen molar-refractivity contribution in [1.29, 1.82) is 0 Å². The van der Waals surface area contributed by atoms with E-state index in [-0.39, 0.29) is 0 Å². The summed E-state index contributed by atoms with van der Waals surface area (Å²) in [6.45, 7) is 0. The molecule has 1 aromatic rings. The zero-order valence-electron chi connectivity index (χ0n) is 7.43. The van der Waals surface area contributed by atoms with E-state index in [1.807, 2.05) is 0 Å². The summed E-state index contributed by atoms with van der Waals surface area (Å²) < 4.78 is 61.3. The number of rotatable bonds is 2. The maximum atomic E-state index is 12.4. The van der Waals surface area contributed by atoms with Crippen LogP contribution in [0.25, 0.3) is 0 Å². The van der Waals surface area contributed by atoms with Crippen molar-refractivity contribution in [1.82, 2.24) is 0 Å². The van der Waals surface area contributed by atoms with Crippen molar-refractivity contribution in [2.24, 2.45) is 5.73 Å². The molecule has 0 aliphatic rings. The van der Waals surface area contributed by atoms with E-state index in [4.69, 9.17) is 5.73 Å². The van der Waals surface area contributed by atoms with E-state index in [1.54, 1.807) is 0 Å². The van der Waals surface area contributed by atoms with E-state index in [2.05, 4.69) is 0 Å². The van der Waals surface area contributed by atoms with E-state index < -0.39 is 29.8 Å². The zero-order chi connectivity index (χ0) is 11.6. The highest BCUT2D eigenvalue weighted by atomic mass is 19.4. The fourth-order valence-electron chi connectivity index (χ4n) is 1.17. The van der Waals surface area contributed by atoms with E-state index in [0.717, 1.165) is 12.1 Å². The maximum Gasteiger partial charge on any atom is 0.407 e. The summed E-state index contributed by atoms with van der Waals surface area (Å²) in [5.41, 5.74) is 3.59. The van der Waals surface area contributed by atoms with Gasteiger partial charge in [-0.15, -0.1) is 0 Å². The normalized spacial score (nSPS) is 14.3. The molecule has 0 aliphatic heterocycles. The third kappa shape index (κ3) is 2.65. The molecule has 0 radical (unpaired) electrons. The van der Waals surface area contributed by atoms with Crippen LogP contribution in [0.3, 0.4) is 0 Å². The first-order valence-corrected chi connectivity index (χ1v) is 4.03. The van der Waals surface area contributed by atoms with Crippen molar-refractivity contribution in [2.75, 3.05) is 0 Å². The van der Waals surface area contributed by atoms with Crippen LogP contribution in [-0.2, 0) is 0 Å². The van der Waals surface area contributed by atoms with Gasteiger partial charge in [-0.25, -0.2) is 8.78 Å². The van der Waals surface area contributed by atoms with Gasteiger partial charge in [-0.1, -0.05) is 24.3 Å². The average molecular weight is 225 g/mol. The lowest BCUT2D eigenvalue weighted by atomic mass is 10.0. The molecule has 1 aromatic carbocycles. The van der Waals surface area contributed by atoms with Crippen LogP contribution in [0.15, 0.2) is 24.3 Å². The van der Waals surface area contributed by atoms with Gasteiger partial charge in [0.05, 0.1) is 0 Å². The van der Waals surface area contributed by atoms with Gasteiger partial charge in [-0.2, -0.15) is 13.2 Å². The molecule has 1 nitrogen and oxygen atoms in total.